The van der Waals surface area contributed by atoms with Crippen LogP contribution in [0.15, 0.2) is 23.2 Å². The van der Waals surface area contributed by atoms with Gasteiger partial charge < -0.3 is 14.4 Å². The van der Waals surface area contributed by atoms with Crippen LogP contribution < -0.4 is 0 Å². The van der Waals surface area contributed by atoms with E-state index in [1.807, 2.05) is 0 Å². The third-order valence-corrected chi connectivity index (χ3v) is 7.29. The van der Waals surface area contributed by atoms with Crippen molar-refractivity contribution in [3.63, 3.8) is 0 Å². The Morgan fingerprint density at radius 1 is 1.06 bits per heavy atom. The lowest BCUT2D eigenvalue weighted by Gasteiger charge is -2.24. The van der Waals surface area contributed by atoms with Gasteiger partial charge in [-0.25, -0.2) is 17.8 Å². The van der Waals surface area contributed by atoms with Crippen LogP contribution in [0.2, 0.25) is 5.02 Å². The van der Waals surface area contributed by atoms with E-state index in [2.05, 4.69) is 0 Å². The van der Waals surface area contributed by atoms with Gasteiger partial charge in [-0.2, -0.15) is 0 Å². The number of amides is 1. The van der Waals surface area contributed by atoms with Gasteiger partial charge in [-0.05, 0) is 66.7 Å². The lowest BCUT2D eigenvalue weighted by atomic mass is 10.1. The van der Waals surface area contributed by atoms with E-state index >= 15 is 0 Å². The van der Waals surface area contributed by atoms with E-state index in [1.54, 1.807) is 41.5 Å². The second-order valence-electron chi connectivity index (χ2n) is 10.4. The summed E-state index contributed by atoms with van der Waals surface area (Å²) < 4.78 is 39.6. The molecule has 0 bridgehead atoms. The highest BCUT2D eigenvalue weighted by Gasteiger charge is 2.40. The predicted octanol–water partition coefficient (Wildman–Crippen LogP) is 4.56. The largest absolute Gasteiger partial charge is 0.459 e. The van der Waals surface area contributed by atoms with Crippen LogP contribution in [0.3, 0.4) is 0 Å². The molecule has 2 rings (SSSR count). The molecule has 0 aliphatic rings. The minimum atomic E-state index is -4.51. The molecule has 1 unspecified atom stereocenters. The second kappa shape index (κ2) is 9.81. The molecule has 35 heavy (non-hydrogen) atoms. The highest BCUT2D eigenvalue weighted by molar-refractivity contribution is 7.92. The fourth-order valence-corrected chi connectivity index (χ4v) is 5.03. The van der Waals surface area contributed by atoms with E-state index in [0.717, 1.165) is 4.57 Å². The minimum absolute atomic E-state index is 0.140. The number of carbonyl (C=O) groups is 3. The molecule has 9 nitrogen and oxygen atoms in total. The monoisotopic (exact) mass is 528 g/mol. The first-order valence-corrected chi connectivity index (χ1v) is 12.9. The third kappa shape index (κ3) is 6.55. The molecular weight excluding hydrogens is 496 g/mol. The van der Waals surface area contributed by atoms with E-state index in [1.165, 1.54) is 44.0 Å². The molecule has 1 atom stereocenters. The molecule has 2 aromatic rings. The summed E-state index contributed by atoms with van der Waals surface area (Å²) in [7, 11) is -3.01. The molecule has 0 aliphatic heterocycles. The van der Waals surface area contributed by atoms with Crippen molar-refractivity contribution in [2.75, 3.05) is 7.05 Å². The van der Waals surface area contributed by atoms with Crippen molar-refractivity contribution < 1.29 is 32.3 Å². The zero-order valence-electron chi connectivity index (χ0n) is 21.6. The molecule has 0 aliphatic carbocycles. The van der Waals surface area contributed by atoms with Gasteiger partial charge in [-0.3, -0.25) is 9.59 Å². The van der Waals surface area contributed by atoms with Crippen molar-refractivity contribution in [3.05, 3.63) is 28.8 Å². The normalized spacial score (nSPS) is 13.4. The zero-order chi connectivity index (χ0) is 27.1. The molecule has 0 fully saturated rings. The number of rotatable bonds is 5. The van der Waals surface area contributed by atoms with E-state index < -0.39 is 43.4 Å². The van der Waals surface area contributed by atoms with Crippen LogP contribution >= 0.6 is 11.6 Å². The summed E-state index contributed by atoms with van der Waals surface area (Å²) in [5.74, 6) is -1.30. The molecule has 1 amide bonds. The molecule has 1 heterocycles. The van der Waals surface area contributed by atoms with Gasteiger partial charge in [0.1, 0.15) is 11.2 Å². The summed E-state index contributed by atoms with van der Waals surface area (Å²) in [6.45, 7) is 12.2. The van der Waals surface area contributed by atoms with E-state index in [4.69, 9.17) is 21.1 Å². The number of esters is 1. The standard InChI is InChI=1S/C24H33ClN2O7S/c1-14(21(29)33-23(3,4)5)35(31,32)20-18(13-26(9)15(2)28)17-12-16(25)10-11-19(17)27(20)22(30)34-24(6,7)8/h10-12,14H,13H2,1-9H3. The van der Waals surface area contributed by atoms with Crippen molar-refractivity contribution in [2.45, 2.75) is 83.4 Å². The van der Waals surface area contributed by atoms with Crippen molar-refractivity contribution in [1.82, 2.24) is 9.47 Å². The van der Waals surface area contributed by atoms with Crippen molar-refractivity contribution in [2.24, 2.45) is 0 Å². The first-order valence-electron chi connectivity index (χ1n) is 11.0. The van der Waals surface area contributed by atoms with Crippen LogP contribution in [0.25, 0.3) is 10.9 Å². The Labute approximate surface area is 211 Å². The summed E-state index contributed by atoms with van der Waals surface area (Å²) in [5, 5.41) is -1.46. The molecule has 0 saturated heterocycles. The Morgan fingerprint density at radius 2 is 1.60 bits per heavy atom. The number of aromatic nitrogens is 1. The Morgan fingerprint density at radius 3 is 2.09 bits per heavy atom. The minimum Gasteiger partial charge on any atom is -0.459 e. The Bertz CT molecular complexity index is 1270. The third-order valence-electron chi connectivity index (χ3n) is 4.97. The van der Waals surface area contributed by atoms with E-state index in [9.17, 15) is 22.8 Å². The van der Waals surface area contributed by atoms with Crippen LogP contribution in [-0.2, 0) is 35.4 Å². The van der Waals surface area contributed by atoms with Gasteiger partial charge in [0, 0.05) is 36.5 Å². The maximum absolute atomic E-state index is 13.9. The first kappa shape index (κ1) is 28.6. The summed E-state index contributed by atoms with van der Waals surface area (Å²) in [6.07, 6.45) is -0.948. The Kier molecular flexibility index (Phi) is 8.03. The number of fused-ring (bicyclic) bond motifs is 1. The topological polar surface area (TPSA) is 112 Å². The number of halogens is 1. The van der Waals surface area contributed by atoms with E-state index in [-0.39, 0.29) is 23.5 Å². The zero-order valence-corrected chi connectivity index (χ0v) is 23.1. The molecule has 0 N–H and O–H groups in total. The first-order chi connectivity index (χ1) is 15.8. The van der Waals surface area contributed by atoms with Gasteiger partial charge >= 0.3 is 12.1 Å². The van der Waals surface area contributed by atoms with Crippen molar-refractivity contribution in [1.29, 1.82) is 0 Å². The average molecular weight is 529 g/mol. The molecule has 1 aromatic heterocycles. The van der Waals surface area contributed by atoms with Crippen molar-refractivity contribution in [3.8, 4) is 0 Å². The van der Waals surface area contributed by atoms with Gasteiger partial charge in [-0.15, -0.1) is 0 Å². The smallest absolute Gasteiger partial charge is 0.420 e. The second-order valence-corrected chi connectivity index (χ2v) is 13.0. The number of nitrogens with zero attached hydrogens (tertiary/aromatic N) is 2. The molecule has 0 radical (unpaired) electrons. The maximum atomic E-state index is 13.9. The highest BCUT2D eigenvalue weighted by atomic mass is 35.5. The van der Waals surface area contributed by atoms with Crippen LogP contribution in [0.4, 0.5) is 4.79 Å². The van der Waals surface area contributed by atoms with Gasteiger partial charge in [0.2, 0.25) is 15.7 Å². The fourth-order valence-electron chi connectivity index (χ4n) is 3.27. The highest BCUT2D eigenvalue weighted by Crippen LogP contribution is 2.35. The maximum Gasteiger partial charge on any atom is 0.420 e. The molecular formula is C24H33ClN2O7S. The van der Waals surface area contributed by atoms with Gasteiger partial charge in [0.25, 0.3) is 0 Å². The number of benzene rings is 1. The van der Waals surface area contributed by atoms with Crippen LogP contribution in [0.1, 0.15) is 61.0 Å². The van der Waals surface area contributed by atoms with Crippen LogP contribution in [-0.4, -0.2) is 59.4 Å². The fraction of sp³-hybridized carbons (Fsp3) is 0.542. The van der Waals surface area contributed by atoms with E-state index in [0.29, 0.717) is 10.4 Å². The van der Waals surface area contributed by atoms with Gasteiger partial charge in [-0.1, -0.05) is 11.6 Å². The Balaban J connectivity index is 2.93. The predicted molar refractivity (Wildman–Crippen MR) is 133 cm³/mol. The number of sulfone groups is 1. The number of hydrogen-bond acceptors (Lipinski definition) is 7. The summed E-state index contributed by atoms with van der Waals surface area (Å²) in [6, 6.07) is 4.52. The number of ether oxygens (including phenoxy) is 2. The average Bonchev–Trinajstić information content (AvgIpc) is 2.98. The summed E-state index contributed by atoms with van der Waals surface area (Å²) in [4.78, 5) is 39.4. The quantitative estimate of drug-likeness (QED) is 0.523. The lowest BCUT2D eigenvalue weighted by Crippen LogP contribution is -2.37. The number of carbonyl (C=O) groups excluding carboxylic acids is 3. The molecule has 1 aromatic carbocycles. The number of hydrogen-bond donors (Lipinski definition) is 0. The van der Waals surface area contributed by atoms with Gasteiger partial charge in [0.05, 0.1) is 5.52 Å². The Hall–Kier alpha value is -2.59. The summed E-state index contributed by atoms with van der Waals surface area (Å²) >= 11 is 6.21. The van der Waals surface area contributed by atoms with Crippen LogP contribution in [0.5, 0.6) is 0 Å². The van der Waals surface area contributed by atoms with Crippen molar-refractivity contribution >= 4 is 50.3 Å². The summed E-state index contributed by atoms with van der Waals surface area (Å²) in [5.41, 5.74) is -1.51. The molecule has 194 valence electrons. The molecule has 0 saturated carbocycles. The molecule has 11 heteroatoms. The lowest BCUT2D eigenvalue weighted by molar-refractivity contribution is -0.153. The SMILES string of the molecule is CC(=O)N(C)Cc1c(S(=O)(=O)C(C)C(=O)OC(C)(C)C)n(C(=O)OC(C)(C)C)c2ccc(Cl)cc12. The molecule has 0 spiro atoms. The van der Waals surface area contributed by atoms with Gasteiger partial charge in [0.15, 0.2) is 10.3 Å². The van der Waals surface area contributed by atoms with Crippen LogP contribution in [0, 0.1) is 0 Å².